The number of nitrogens with zero attached hydrogens (tertiary/aromatic N) is 1. The standard InChI is InChI=1S/C19H30N2/c1-16-5-9-18(10-6-16)20-15-17-7-11-19(12-8-17)21-13-3-2-4-14-21/h7-8,11-12,16,18,20H,2-6,9-10,13-15H2,1H3. The van der Waals surface area contributed by atoms with Crippen molar-refractivity contribution in [3.05, 3.63) is 29.8 Å². The molecular weight excluding hydrogens is 256 g/mol. The van der Waals surface area contributed by atoms with Gasteiger partial charge < -0.3 is 10.2 Å². The first-order valence-electron chi connectivity index (χ1n) is 8.88. The maximum Gasteiger partial charge on any atom is 0.0366 e. The average molecular weight is 286 g/mol. The van der Waals surface area contributed by atoms with Gasteiger partial charge in [-0.2, -0.15) is 0 Å². The van der Waals surface area contributed by atoms with Gasteiger partial charge >= 0.3 is 0 Å². The highest BCUT2D eigenvalue weighted by Gasteiger charge is 2.17. The van der Waals surface area contributed by atoms with Crippen molar-refractivity contribution < 1.29 is 0 Å². The highest BCUT2D eigenvalue weighted by atomic mass is 15.1. The summed E-state index contributed by atoms with van der Waals surface area (Å²) < 4.78 is 0. The number of piperidine rings is 1. The maximum absolute atomic E-state index is 3.74. The molecule has 0 spiro atoms. The topological polar surface area (TPSA) is 15.3 Å². The molecule has 1 N–H and O–H groups in total. The Balaban J connectivity index is 1.48. The van der Waals surface area contributed by atoms with Gasteiger partial charge in [-0.3, -0.25) is 0 Å². The number of nitrogens with one attached hydrogen (secondary N) is 1. The molecule has 0 amide bonds. The Hall–Kier alpha value is -1.02. The van der Waals surface area contributed by atoms with Gasteiger partial charge in [-0.25, -0.2) is 0 Å². The molecule has 0 atom stereocenters. The van der Waals surface area contributed by atoms with E-state index in [-0.39, 0.29) is 0 Å². The van der Waals surface area contributed by atoms with Crippen molar-refractivity contribution in [3.8, 4) is 0 Å². The van der Waals surface area contributed by atoms with Crippen LogP contribution in [0.1, 0.15) is 57.4 Å². The van der Waals surface area contributed by atoms with Gasteiger partial charge in [-0.1, -0.05) is 19.1 Å². The number of anilines is 1. The predicted molar refractivity (Wildman–Crippen MR) is 90.8 cm³/mol. The number of hydrogen-bond donors (Lipinski definition) is 1. The number of benzene rings is 1. The first-order chi connectivity index (χ1) is 10.3. The molecule has 1 aromatic carbocycles. The second-order valence-corrected chi connectivity index (χ2v) is 7.05. The summed E-state index contributed by atoms with van der Waals surface area (Å²) in [5.41, 5.74) is 2.83. The lowest BCUT2D eigenvalue weighted by molar-refractivity contribution is 0.306. The molecule has 2 heteroatoms. The monoisotopic (exact) mass is 286 g/mol. The van der Waals surface area contributed by atoms with Gasteiger partial charge in [-0.15, -0.1) is 0 Å². The van der Waals surface area contributed by atoms with Gasteiger partial charge in [-0.05, 0) is 68.6 Å². The van der Waals surface area contributed by atoms with Gasteiger partial charge in [0.2, 0.25) is 0 Å². The summed E-state index contributed by atoms with van der Waals surface area (Å²) in [5, 5.41) is 3.74. The minimum absolute atomic E-state index is 0.739. The Kier molecular flexibility index (Phi) is 5.18. The molecule has 21 heavy (non-hydrogen) atoms. The van der Waals surface area contributed by atoms with E-state index in [0.717, 1.165) is 18.5 Å². The van der Waals surface area contributed by atoms with Crippen LogP contribution in [-0.4, -0.2) is 19.1 Å². The van der Waals surface area contributed by atoms with Crippen LogP contribution in [0.15, 0.2) is 24.3 Å². The molecule has 0 bridgehead atoms. The molecule has 1 heterocycles. The third-order valence-corrected chi connectivity index (χ3v) is 5.27. The largest absolute Gasteiger partial charge is 0.372 e. The predicted octanol–water partition coefficient (Wildman–Crippen LogP) is 4.35. The average Bonchev–Trinajstić information content (AvgIpc) is 2.56. The number of hydrogen-bond acceptors (Lipinski definition) is 2. The molecule has 1 aliphatic heterocycles. The zero-order chi connectivity index (χ0) is 14.5. The lowest BCUT2D eigenvalue weighted by atomic mass is 9.87. The fourth-order valence-corrected chi connectivity index (χ4v) is 3.70. The molecule has 1 aromatic rings. The van der Waals surface area contributed by atoms with Crippen molar-refractivity contribution in [2.75, 3.05) is 18.0 Å². The molecule has 1 saturated heterocycles. The van der Waals surface area contributed by atoms with Crippen molar-refractivity contribution in [2.45, 2.75) is 64.5 Å². The van der Waals surface area contributed by atoms with Crippen LogP contribution in [0.25, 0.3) is 0 Å². The molecule has 116 valence electrons. The van der Waals surface area contributed by atoms with Crippen molar-refractivity contribution in [1.82, 2.24) is 5.32 Å². The zero-order valence-corrected chi connectivity index (χ0v) is 13.5. The van der Waals surface area contributed by atoms with Crippen LogP contribution in [0, 0.1) is 5.92 Å². The van der Waals surface area contributed by atoms with Gasteiger partial charge in [0, 0.05) is 31.4 Å². The van der Waals surface area contributed by atoms with Crippen LogP contribution >= 0.6 is 0 Å². The molecule has 2 fully saturated rings. The lowest BCUT2D eigenvalue weighted by Gasteiger charge is -2.29. The van der Waals surface area contributed by atoms with Crippen LogP contribution in [-0.2, 0) is 6.54 Å². The minimum Gasteiger partial charge on any atom is -0.372 e. The normalized spacial score (nSPS) is 26.8. The van der Waals surface area contributed by atoms with Crippen LogP contribution < -0.4 is 10.2 Å². The Morgan fingerprint density at radius 3 is 2.29 bits per heavy atom. The molecule has 2 nitrogen and oxygen atoms in total. The molecule has 1 aliphatic carbocycles. The Labute approximate surface area is 129 Å². The van der Waals surface area contributed by atoms with Crippen LogP contribution in [0.3, 0.4) is 0 Å². The van der Waals surface area contributed by atoms with Crippen LogP contribution in [0.4, 0.5) is 5.69 Å². The van der Waals surface area contributed by atoms with Gasteiger partial charge in [0.25, 0.3) is 0 Å². The molecular formula is C19H30N2. The Bertz CT molecular complexity index is 412. The van der Waals surface area contributed by atoms with E-state index < -0.39 is 0 Å². The van der Waals surface area contributed by atoms with Crippen molar-refractivity contribution in [2.24, 2.45) is 5.92 Å². The molecule has 1 saturated carbocycles. The van der Waals surface area contributed by atoms with E-state index in [1.807, 2.05) is 0 Å². The second kappa shape index (κ2) is 7.31. The minimum atomic E-state index is 0.739. The fraction of sp³-hybridized carbons (Fsp3) is 0.684. The van der Waals surface area contributed by atoms with Gasteiger partial charge in [0.1, 0.15) is 0 Å². The molecule has 0 radical (unpaired) electrons. The third kappa shape index (κ3) is 4.23. The quantitative estimate of drug-likeness (QED) is 0.885. The summed E-state index contributed by atoms with van der Waals surface area (Å²) in [6.07, 6.45) is 9.60. The number of rotatable bonds is 4. The summed E-state index contributed by atoms with van der Waals surface area (Å²) in [4.78, 5) is 2.53. The smallest absolute Gasteiger partial charge is 0.0366 e. The van der Waals surface area contributed by atoms with Crippen LogP contribution in [0.2, 0.25) is 0 Å². The van der Waals surface area contributed by atoms with E-state index >= 15 is 0 Å². The zero-order valence-electron chi connectivity index (χ0n) is 13.5. The molecule has 0 aromatic heterocycles. The second-order valence-electron chi connectivity index (χ2n) is 7.05. The molecule has 2 aliphatic rings. The SMILES string of the molecule is CC1CCC(NCc2ccc(N3CCCCC3)cc2)CC1. The van der Waals surface area contributed by atoms with E-state index in [9.17, 15) is 0 Å². The fourth-order valence-electron chi connectivity index (χ4n) is 3.70. The summed E-state index contributed by atoms with van der Waals surface area (Å²) in [5.74, 6) is 0.937. The van der Waals surface area contributed by atoms with Gasteiger partial charge in [0.15, 0.2) is 0 Å². The van der Waals surface area contributed by atoms with Gasteiger partial charge in [0.05, 0.1) is 0 Å². The van der Waals surface area contributed by atoms with Crippen molar-refractivity contribution in [3.63, 3.8) is 0 Å². The maximum atomic E-state index is 3.74. The summed E-state index contributed by atoms with van der Waals surface area (Å²) in [6, 6.07) is 9.98. The van der Waals surface area contributed by atoms with E-state index in [0.29, 0.717) is 0 Å². The summed E-state index contributed by atoms with van der Waals surface area (Å²) in [7, 11) is 0. The Morgan fingerprint density at radius 1 is 0.952 bits per heavy atom. The molecule has 0 unspecified atom stereocenters. The first kappa shape index (κ1) is 14.9. The molecule has 3 rings (SSSR count). The van der Waals surface area contributed by atoms with Crippen molar-refractivity contribution >= 4 is 5.69 Å². The highest BCUT2D eigenvalue weighted by Crippen LogP contribution is 2.24. The lowest BCUT2D eigenvalue weighted by Crippen LogP contribution is -2.32. The first-order valence-corrected chi connectivity index (χ1v) is 8.88. The van der Waals surface area contributed by atoms with Crippen LogP contribution in [0.5, 0.6) is 0 Å². The van der Waals surface area contributed by atoms with E-state index in [2.05, 4.69) is 41.4 Å². The summed E-state index contributed by atoms with van der Waals surface area (Å²) >= 11 is 0. The highest BCUT2D eigenvalue weighted by molar-refractivity contribution is 5.47. The van der Waals surface area contributed by atoms with E-state index in [1.165, 1.54) is 69.3 Å². The van der Waals surface area contributed by atoms with Crippen molar-refractivity contribution in [1.29, 1.82) is 0 Å². The third-order valence-electron chi connectivity index (χ3n) is 5.27. The summed E-state index contributed by atoms with van der Waals surface area (Å²) in [6.45, 7) is 5.88. The van der Waals surface area contributed by atoms with E-state index in [4.69, 9.17) is 0 Å². The van der Waals surface area contributed by atoms with E-state index in [1.54, 1.807) is 0 Å². The Morgan fingerprint density at radius 2 is 1.62 bits per heavy atom.